The van der Waals surface area contributed by atoms with Crippen molar-refractivity contribution in [1.29, 1.82) is 0 Å². The van der Waals surface area contributed by atoms with Crippen LogP contribution >= 0.6 is 0 Å². The summed E-state index contributed by atoms with van der Waals surface area (Å²) in [5.41, 5.74) is 2.53. The fourth-order valence-electron chi connectivity index (χ4n) is 5.29. The molecule has 0 unspecified atom stereocenters. The van der Waals surface area contributed by atoms with Crippen molar-refractivity contribution in [3.63, 3.8) is 0 Å². The first-order valence-electron chi connectivity index (χ1n) is 10.5. The monoisotopic (exact) mass is 346 g/mol. The Balaban J connectivity index is 1.40. The highest BCUT2D eigenvalue weighted by Gasteiger charge is 2.31. The van der Waals surface area contributed by atoms with E-state index < -0.39 is 0 Å². The van der Waals surface area contributed by atoms with Gasteiger partial charge in [-0.2, -0.15) is 0 Å². The molecule has 0 N–H and O–H groups in total. The normalized spacial score (nSPS) is 31.6. The zero-order valence-corrected chi connectivity index (χ0v) is 16.9. The van der Waals surface area contributed by atoms with Gasteiger partial charge in [0.25, 0.3) is 0 Å². The van der Waals surface area contributed by atoms with Crippen LogP contribution in [0.4, 0.5) is 4.39 Å². The summed E-state index contributed by atoms with van der Waals surface area (Å²) in [6.07, 6.45) is 14.5. The van der Waals surface area contributed by atoms with Crippen LogP contribution in [0.2, 0.25) is 11.6 Å². The van der Waals surface area contributed by atoms with Crippen LogP contribution in [0.3, 0.4) is 0 Å². The average molecular weight is 347 g/mol. The smallest absolute Gasteiger partial charge is 0.123 e. The van der Waals surface area contributed by atoms with Gasteiger partial charge in [-0.1, -0.05) is 69.2 Å². The Morgan fingerprint density at radius 1 is 0.875 bits per heavy atom. The van der Waals surface area contributed by atoms with Gasteiger partial charge in [0, 0.05) is 9.52 Å². The molecule has 0 nitrogen and oxygen atoms in total. The molecule has 0 spiro atoms. The maximum absolute atomic E-state index is 13.1. The van der Waals surface area contributed by atoms with Gasteiger partial charge in [0.2, 0.25) is 0 Å². The fraction of sp³-hybridized carbons (Fsp3) is 0.727. The molecule has 0 aromatic heterocycles. The van der Waals surface area contributed by atoms with Crippen LogP contribution in [0.15, 0.2) is 24.3 Å². The van der Waals surface area contributed by atoms with Crippen LogP contribution in [0, 0.1) is 17.7 Å². The van der Waals surface area contributed by atoms with Crippen LogP contribution in [-0.2, 0) is 0 Å². The molecule has 1 aromatic carbocycles. The molecule has 1 aromatic rings. The predicted molar refractivity (Wildman–Crippen MR) is 105 cm³/mol. The number of hydrogen-bond acceptors (Lipinski definition) is 0. The Hall–Kier alpha value is -0.633. The molecule has 0 heterocycles. The van der Waals surface area contributed by atoms with E-state index in [-0.39, 0.29) is 15.3 Å². The highest BCUT2D eigenvalue weighted by Crippen LogP contribution is 2.44. The highest BCUT2D eigenvalue weighted by molar-refractivity contribution is 6.37. The third-order valence-corrected chi connectivity index (χ3v) is 9.43. The quantitative estimate of drug-likeness (QED) is 0.409. The third-order valence-electron chi connectivity index (χ3n) is 6.89. The second-order valence-corrected chi connectivity index (χ2v) is 10.9. The Bertz CT molecular complexity index is 467. The maximum atomic E-state index is 13.1. The lowest BCUT2D eigenvalue weighted by molar-refractivity contribution is 0.186. The summed E-state index contributed by atoms with van der Waals surface area (Å²) in [5, 5.41) is 0. The molecule has 2 heteroatoms. The van der Waals surface area contributed by atoms with Gasteiger partial charge in [0.1, 0.15) is 5.82 Å². The minimum atomic E-state index is -0.105. The molecule has 0 amide bonds. The van der Waals surface area contributed by atoms with Crippen molar-refractivity contribution in [2.24, 2.45) is 11.8 Å². The van der Waals surface area contributed by atoms with E-state index in [0.29, 0.717) is 5.92 Å². The topological polar surface area (TPSA) is 0 Å². The van der Waals surface area contributed by atoms with Crippen molar-refractivity contribution < 1.29 is 4.39 Å². The summed E-state index contributed by atoms with van der Waals surface area (Å²) >= 11 is 0. The molecule has 2 aliphatic rings. The van der Waals surface area contributed by atoms with Gasteiger partial charge in [-0.3, -0.25) is 0 Å². The maximum Gasteiger partial charge on any atom is 0.123 e. The summed E-state index contributed by atoms with van der Waals surface area (Å²) in [6.45, 7) is 2.33. The number of rotatable bonds is 6. The Morgan fingerprint density at radius 2 is 1.46 bits per heavy atom. The van der Waals surface area contributed by atoms with E-state index in [1.54, 1.807) is 31.0 Å². The lowest BCUT2D eigenvalue weighted by Gasteiger charge is -2.38. The molecule has 0 bridgehead atoms. The first-order valence-corrected chi connectivity index (χ1v) is 12.3. The van der Waals surface area contributed by atoms with Gasteiger partial charge in [0.05, 0.1) is 0 Å². The predicted octanol–water partition coefficient (Wildman–Crippen LogP) is 6.47. The molecule has 0 saturated heterocycles. The van der Waals surface area contributed by atoms with Gasteiger partial charge in [-0.15, -0.1) is 0 Å². The molecule has 2 fully saturated rings. The van der Waals surface area contributed by atoms with Gasteiger partial charge in [0.15, 0.2) is 0 Å². The van der Waals surface area contributed by atoms with E-state index in [0.717, 1.165) is 11.8 Å². The Morgan fingerprint density at radius 3 is 2.04 bits per heavy atom. The number of halogens is 1. The van der Waals surface area contributed by atoms with Gasteiger partial charge in [-0.05, 0) is 61.1 Å². The molecule has 0 radical (unpaired) electrons. The summed E-state index contributed by atoms with van der Waals surface area (Å²) in [4.78, 5) is 0. The van der Waals surface area contributed by atoms with Crippen molar-refractivity contribution in [2.45, 2.75) is 88.6 Å². The van der Waals surface area contributed by atoms with Crippen LogP contribution in [0.25, 0.3) is 0 Å². The molecule has 24 heavy (non-hydrogen) atoms. The van der Waals surface area contributed by atoms with Crippen LogP contribution in [0.5, 0.6) is 0 Å². The second-order valence-electron chi connectivity index (χ2n) is 8.44. The number of benzene rings is 1. The number of hydrogen-bond donors (Lipinski definition) is 0. The van der Waals surface area contributed by atoms with E-state index >= 15 is 0 Å². The van der Waals surface area contributed by atoms with Crippen LogP contribution in [0.1, 0.15) is 82.6 Å². The standard InChI is InChI=1S/C22H35FSi/c1-2-3-16-24-22-14-10-20(11-15-22)18-6-4-17(5-7-18)19-8-12-21(23)13-9-19/h8-9,12-13,17-18,20,22H,2-7,10-11,14-16,24H2,1H3/t17-,18-,20-,22-. The summed E-state index contributed by atoms with van der Waals surface area (Å²) in [5.74, 6) is 2.59. The summed E-state index contributed by atoms with van der Waals surface area (Å²) < 4.78 is 13.1. The minimum absolute atomic E-state index is 0.105. The van der Waals surface area contributed by atoms with Crippen molar-refractivity contribution in [3.05, 3.63) is 35.6 Å². The largest absolute Gasteiger partial charge is 0.207 e. The zero-order valence-electron chi connectivity index (χ0n) is 15.5. The van der Waals surface area contributed by atoms with E-state index in [9.17, 15) is 4.39 Å². The van der Waals surface area contributed by atoms with Gasteiger partial charge in [-0.25, -0.2) is 4.39 Å². The minimum Gasteiger partial charge on any atom is -0.207 e. The first-order chi connectivity index (χ1) is 11.8. The summed E-state index contributed by atoms with van der Waals surface area (Å²) in [7, 11) is 0.226. The number of unbranched alkanes of at least 4 members (excludes halogenated alkanes) is 1. The van der Waals surface area contributed by atoms with E-state index in [1.807, 2.05) is 12.1 Å². The summed E-state index contributed by atoms with van der Waals surface area (Å²) in [6, 6.07) is 8.86. The van der Waals surface area contributed by atoms with E-state index in [2.05, 4.69) is 6.92 Å². The van der Waals surface area contributed by atoms with E-state index in [1.165, 1.54) is 62.5 Å². The Labute approximate surface area is 150 Å². The van der Waals surface area contributed by atoms with E-state index in [4.69, 9.17) is 0 Å². The van der Waals surface area contributed by atoms with Gasteiger partial charge < -0.3 is 0 Å². The third kappa shape index (κ3) is 4.94. The van der Waals surface area contributed by atoms with Crippen molar-refractivity contribution >= 4 is 9.52 Å². The molecule has 3 rings (SSSR count). The SMILES string of the molecule is CCCC[SiH2][C@H]1CC[C@H]([C@H]2CC[C@H](c3ccc(F)cc3)CC2)CC1. The van der Waals surface area contributed by atoms with Crippen molar-refractivity contribution in [3.8, 4) is 0 Å². The van der Waals surface area contributed by atoms with Crippen molar-refractivity contribution in [1.82, 2.24) is 0 Å². The molecule has 2 saturated carbocycles. The lowest BCUT2D eigenvalue weighted by Crippen LogP contribution is -2.25. The Kier molecular flexibility index (Phi) is 6.94. The lowest BCUT2D eigenvalue weighted by atomic mass is 9.70. The average Bonchev–Trinajstić information content (AvgIpc) is 2.63. The fourth-order valence-corrected chi connectivity index (χ4v) is 7.70. The van der Waals surface area contributed by atoms with Crippen molar-refractivity contribution in [2.75, 3.05) is 0 Å². The first kappa shape index (κ1) is 18.2. The second kappa shape index (κ2) is 9.17. The zero-order chi connectivity index (χ0) is 16.8. The highest BCUT2D eigenvalue weighted by atomic mass is 28.2. The molecule has 134 valence electrons. The molecule has 2 aliphatic carbocycles. The molecule has 0 aliphatic heterocycles. The van der Waals surface area contributed by atoms with Crippen LogP contribution in [-0.4, -0.2) is 9.52 Å². The molecular formula is C22H35FSi. The molecular weight excluding hydrogens is 311 g/mol. The van der Waals surface area contributed by atoms with Crippen LogP contribution < -0.4 is 0 Å². The molecule has 0 atom stereocenters. The van der Waals surface area contributed by atoms with Gasteiger partial charge >= 0.3 is 0 Å².